The van der Waals surface area contributed by atoms with E-state index in [1.807, 2.05) is 30.3 Å². The molecule has 0 radical (unpaired) electrons. The quantitative estimate of drug-likeness (QED) is 0.229. The molecule has 2 aromatic carbocycles. The van der Waals surface area contributed by atoms with Crippen molar-refractivity contribution < 1.29 is 30.0 Å². The number of aliphatic hydroxyl groups is 2. The Hall–Kier alpha value is -2.16. The van der Waals surface area contributed by atoms with Gasteiger partial charge in [0.15, 0.2) is 0 Å². The molecule has 2 aliphatic heterocycles. The Morgan fingerprint density at radius 1 is 0.932 bits per heavy atom. The van der Waals surface area contributed by atoms with Crippen LogP contribution in [0.2, 0.25) is 5.02 Å². The van der Waals surface area contributed by atoms with Crippen LogP contribution in [0.25, 0.3) is 0 Å². The summed E-state index contributed by atoms with van der Waals surface area (Å²) in [5.74, 6) is 1.94. The number of halogens is 1. The normalized spacial score (nSPS) is 26.2. The number of fused-ring (bicyclic) bond motifs is 1. The van der Waals surface area contributed by atoms with Crippen molar-refractivity contribution in [3.8, 4) is 5.75 Å². The minimum Gasteiger partial charge on any atom is -0.508 e. The minimum absolute atomic E-state index is 0.0957. The summed E-state index contributed by atoms with van der Waals surface area (Å²) in [5, 5.41) is 40.6. The van der Waals surface area contributed by atoms with Gasteiger partial charge in [0.1, 0.15) is 11.8 Å². The molecule has 2 saturated carbocycles. The summed E-state index contributed by atoms with van der Waals surface area (Å²) in [5.41, 5.74) is 2.96. The number of carboxylic acids is 1. The predicted molar refractivity (Wildman–Crippen MR) is 178 cm³/mol. The average Bonchev–Trinajstić information content (AvgIpc) is 3.35. The highest BCUT2D eigenvalue weighted by Crippen LogP contribution is 2.51. The smallest absolute Gasteiger partial charge is 0.320 e. The van der Waals surface area contributed by atoms with Crippen LogP contribution in [0.15, 0.2) is 42.5 Å². The maximum atomic E-state index is 10.1. The first kappa shape index (κ1) is 38.0. The number of phenolic OH excluding ortho intramolecular Hbond substituents is 1. The predicted octanol–water partition coefficient (Wildman–Crippen LogP) is 7.67. The molecule has 5 N–H and O–H groups in total. The number of nitrogens with one attached hydrogen (secondary N) is 1. The van der Waals surface area contributed by atoms with Crippen molar-refractivity contribution in [2.24, 2.45) is 11.8 Å². The molecule has 248 valence electrons. The van der Waals surface area contributed by atoms with Crippen LogP contribution in [0.5, 0.6) is 5.75 Å². The molecule has 0 spiro atoms. The standard InChI is InChI=1S/C19H21ClO4.C6H10.C5H9NO2.2C3H8/c20-18-6-3-13(19-10-16(23)9-17(11-21)24-19)8-14(18)7-12-1-4-15(22)5-2-12;1-2-5-4-6(5)3-1;7-5(8)4-2-1-3-6-4;2*1-3-2/h1-6,8,16-17,19,21-23H,7,9-11H2;5-6H,1-4H2;4,6H,1-3H2,(H,7,8);2*3H2,1-2H3/t16-,17?,19+;5-,6+;;;/m0..../s1. The van der Waals surface area contributed by atoms with Gasteiger partial charge in [-0.1, -0.05) is 95.7 Å². The monoisotopic (exact) mass is 633 g/mol. The van der Waals surface area contributed by atoms with Crippen LogP contribution < -0.4 is 5.32 Å². The summed E-state index contributed by atoms with van der Waals surface area (Å²) in [6, 6.07) is 12.5. The van der Waals surface area contributed by atoms with Crippen molar-refractivity contribution in [3.63, 3.8) is 0 Å². The van der Waals surface area contributed by atoms with Crippen molar-refractivity contribution in [2.75, 3.05) is 13.2 Å². The lowest BCUT2D eigenvalue weighted by Gasteiger charge is -2.32. The van der Waals surface area contributed by atoms with Gasteiger partial charge in [-0.15, -0.1) is 0 Å². The van der Waals surface area contributed by atoms with Crippen LogP contribution in [-0.2, 0) is 16.0 Å². The van der Waals surface area contributed by atoms with Gasteiger partial charge in [0, 0.05) is 17.9 Å². The van der Waals surface area contributed by atoms with Crippen LogP contribution >= 0.6 is 11.6 Å². The molecule has 4 aliphatic rings. The fourth-order valence-corrected chi connectivity index (χ4v) is 5.83. The second-order valence-electron chi connectivity index (χ2n) is 12.3. The van der Waals surface area contributed by atoms with Crippen LogP contribution in [0.1, 0.15) is 115 Å². The lowest BCUT2D eigenvalue weighted by atomic mass is 9.94. The molecule has 0 bridgehead atoms. The van der Waals surface area contributed by atoms with E-state index in [2.05, 4.69) is 33.0 Å². The molecule has 2 heterocycles. The summed E-state index contributed by atoms with van der Waals surface area (Å²) in [7, 11) is 0. The molecular weight excluding hydrogens is 578 g/mol. The van der Waals surface area contributed by atoms with Crippen molar-refractivity contribution in [1.82, 2.24) is 5.32 Å². The first-order chi connectivity index (χ1) is 21.1. The molecule has 2 unspecified atom stereocenters. The molecule has 44 heavy (non-hydrogen) atoms. The third-order valence-electron chi connectivity index (χ3n) is 7.93. The zero-order valence-electron chi connectivity index (χ0n) is 27.2. The van der Waals surface area contributed by atoms with Crippen LogP contribution in [0.4, 0.5) is 0 Å². The highest BCUT2D eigenvalue weighted by molar-refractivity contribution is 6.31. The molecule has 6 rings (SSSR count). The van der Waals surface area contributed by atoms with Gasteiger partial charge in [-0.05, 0) is 79.0 Å². The number of rotatable bonds is 5. The minimum atomic E-state index is -0.720. The van der Waals surface area contributed by atoms with Crippen molar-refractivity contribution in [3.05, 3.63) is 64.2 Å². The van der Waals surface area contributed by atoms with E-state index in [1.54, 1.807) is 31.4 Å². The van der Waals surface area contributed by atoms with E-state index >= 15 is 0 Å². The second-order valence-corrected chi connectivity index (χ2v) is 12.7. The summed E-state index contributed by atoms with van der Waals surface area (Å²) in [4.78, 5) is 10.1. The number of aromatic hydroxyl groups is 1. The fourth-order valence-electron chi connectivity index (χ4n) is 5.64. The van der Waals surface area contributed by atoms with Gasteiger partial charge in [-0.2, -0.15) is 0 Å². The second kappa shape index (κ2) is 20.8. The molecule has 8 heteroatoms. The van der Waals surface area contributed by atoms with Gasteiger partial charge < -0.3 is 30.5 Å². The topological polar surface area (TPSA) is 119 Å². The Morgan fingerprint density at radius 2 is 1.57 bits per heavy atom. The number of phenols is 1. The van der Waals surface area contributed by atoms with Gasteiger partial charge in [0.05, 0.1) is 24.9 Å². The molecule has 0 amide bonds. The van der Waals surface area contributed by atoms with E-state index in [1.165, 1.54) is 31.1 Å². The number of carboxylic acid groups (broad SMARTS) is 1. The Labute approximate surface area is 270 Å². The highest BCUT2D eigenvalue weighted by atomic mass is 35.5. The third-order valence-corrected chi connectivity index (χ3v) is 8.30. The largest absolute Gasteiger partial charge is 0.508 e. The van der Waals surface area contributed by atoms with E-state index in [9.17, 15) is 20.1 Å². The zero-order valence-corrected chi connectivity index (χ0v) is 27.9. The Bertz CT molecular complexity index is 1060. The molecule has 2 aromatic rings. The number of hydrogen-bond acceptors (Lipinski definition) is 6. The Balaban J connectivity index is 0.000000271. The van der Waals surface area contributed by atoms with Crippen LogP contribution in [0, 0.1) is 11.8 Å². The van der Waals surface area contributed by atoms with Crippen molar-refractivity contribution >= 4 is 17.6 Å². The lowest BCUT2D eigenvalue weighted by Crippen LogP contribution is -2.33. The summed E-state index contributed by atoms with van der Waals surface area (Å²) in [6.07, 6.45) is 11.1. The fraction of sp³-hybridized carbons (Fsp3) is 0.639. The maximum Gasteiger partial charge on any atom is 0.320 e. The number of hydrogen-bond donors (Lipinski definition) is 5. The molecule has 7 nitrogen and oxygen atoms in total. The molecule has 0 aromatic heterocycles. The number of aliphatic hydroxyl groups excluding tert-OH is 2. The van der Waals surface area contributed by atoms with Crippen LogP contribution in [0.3, 0.4) is 0 Å². The van der Waals surface area contributed by atoms with E-state index in [4.69, 9.17) is 21.4 Å². The van der Waals surface area contributed by atoms with Gasteiger partial charge in [-0.3, -0.25) is 4.79 Å². The summed E-state index contributed by atoms with van der Waals surface area (Å²) >= 11 is 6.32. The van der Waals surface area contributed by atoms with E-state index in [0.29, 0.717) is 24.3 Å². The Kier molecular flexibility index (Phi) is 18.0. The van der Waals surface area contributed by atoms with E-state index < -0.39 is 12.1 Å². The van der Waals surface area contributed by atoms with Gasteiger partial charge >= 0.3 is 5.97 Å². The Morgan fingerprint density at radius 3 is 2.02 bits per heavy atom. The number of carbonyl (C=O) groups is 1. The van der Waals surface area contributed by atoms with Gasteiger partial charge in [-0.25, -0.2) is 0 Å². The average molecular weight is 634 g/mol. The first-order valence-electron chi connectivity index (χ1n) is 16.6. The molecule has 6 atom stereocenters. The van der Waals surface area contributed by atoms with Gasteiger partial charge in [0.25, 0.3) is 0 Å². The first-order valence-corrected chi connectivity index (χ1v) is 17.0. The van der Waals surface area contributed by atoms with Crippen molar-refractivity contribution in [1.29, 1.82) is 0 Å². The van der Waals surface area contributed by atoms with Crippen molar-refractivity contribution in [2.45, 2.75) is 123 Å². The third kappa shape index (κ3) is 13.9. The highest BCUT2D eigenvalue weighted by Gasteiger charge is 2.40. The molecule has 2 aliphatic carbocycles. The van der Waals surface area contributed by atoms with E-state index in [-0.39, 0.29) is 30.6 Å². The van der Waals surface area contributed by atoms with Crippen LogP contribution in [-0.4, -0.2) is 57.8 Å². The van der Waals surface area contributed by atoms with Gasteiger partial charge in [0.2, 0.25) is 0 Å². The number of benzene rings is 2. The number of aliphatic carboxylic acids is 1. The molecule has 2 saturated heterocycles. The SMILES string of the molecule is C1C[C@@H]2C[C@@H]2C1.CCC.CCC.O=C(O)C1CCCN1.OCC1C[C@H](O)C[C@H](c2ccc(Cl)c(Cc3ccc(O)cc3)c2)O1. The maximum absolute atomic E-state index is 10.1. The lowest BCUT2D eigenvalue weighted by molar-refractivity contribution is -0.139. The number of ether oxygens (including phenoxy) is 1. The molecule has 4 fully saturated rings. The zero-order chi connectivity index (χ0) is 32.5. The molecular formula is C36H56ClNO6. The summed E-state index contributed by atoms with van der Waals surface area (Å²) < 4.78 is 5.87. The van der Waals surface area contributed by atoms with E-state index in [0.717, 1.165) is 36.1 Å². The summed E-state index contributed by atoms with van der Waals surface area (Å²) in [6.45, 7) is 9.26.